The number of rotatable bonds is 3. The molecule has 0 bridgehead atoms. The molecule has 1 aromatic rings. The van der Waals surface area contributed by atoms with Gasteiger partial charge in [-0.2, -0.15) is 0 Å². The SMILES string of the molecule is COc1ccc(N2C(=O)C[C@@H]([NH+]3CCCC[C@@H]3C)C2=O)cc1. The molecule has 118 valence electrons. The molecule has 0 aliphatic carbocycles. The van der Waals surface area contributed by atoms with Crippen LogP contribution in [0.1, 0.15) is 32.6 Å². The number of amides is 2. The lowest BCUT2D eigenvalue weighted by atomic mass is 10.0. The minimum absolute atomic E-state index is 0.0566. The van der Waals surface area contributed by atoms with Crippen LogP contribution in [0.3, 0.4) is 0 Å². The first kappa shape index (κ1) is 15.0. The van der Waals surface area contributed by atoms with Crippen molar-refractivity contribution >= 4 is 17.5 Å². The number of likely N-dealkylation sites (tertiary alicyclic amines) is 1. The smallest absolute Gasteiger partial charge is 0.292 e. The number of hydrogen-bond acceptors (Lipinski definition) is 3. The van der Waals surface area contributed by atoms with Crippen molar-refractivity contribution in [3.8, 4) is 5.75 Å². The Balaban J connectivity index is 1.81. The Hall–Kier alpha value is -1.88. The predicted molar refractivity (Wildman–Crippen MR) is 83.0 cm³/mol. The number of imide groups is 1. The minimum Gasteiger partial charge on any atom is -0.497 e. The second-order valence-corrected chi connectivity index (χ2v) is 6.24. The zero-order valence-corrected chi connectivity index (χ0v) is 13.2. The highest BCUT2D eigenvalue weighted by atomic mass is 16.5. The molecule has 1 unspecified atom stereocenters. The molecule has 5 heteroatoms. The van der Waals surface area contributed by atoms with E-state index in [-0.39, 0.29) is 17.9 Å². The fourth-order valence-electron chi connectivity index (χ4n) is 3.65. The maximum Gasteiger partial charge on any atom is 0.292 e. The van der Waals surface area contributed by atoms with Crippen LogP contribution in [0.15, 0.2) is 24.3 Å². The largest absolute Gasteiger partial charge is 0.497 e. The molecule has 3 rings (SSSR count). The Labute approximate surface area is 130 Å². The van der Waals surface area contributed by atoms with Gasteiger partial charge in [-0.1, -0.05) is 0 Å². The molecule has 0 radical (unpaired) electrons. The number of nitrogens with zero attached hydrogens (tertiary/aromatic N) is 1. The number of hydrogen-bond donors (Lipinski definition) is 1. The molecule has 2 saturated heterocycles. The van der Waals surface area contributed by atoms with E-state index in [1.54, 1.807) is 31.4 Å². The van der Waals surface area contributed by atoms with Crippen LogP contribution >= 0.6 is 0 Å². The molecule has 0 saturated carbocycles. The first-order valence-electron chi connectivity index (χ1n) is 7.98. The molecule has 1 N–H and O–H groups in total. The van der Waals surface area contributed by atoms with Crippen molar-refractivity contribution in [3.63, 3.8) is 0 Å². The standard InChI is InChI=1S/C17H22N2O3/c1-12-5-3-4-10-18(12)15-11-16(20)19(17(15)21)13-6-8-14(22-2)9-7-13/h6-9,12,15H,3-5,10-11H2,1-2H3/p+1/t12-,15+/m0/s1. The van der Waals surface area contributed by atoms with Crippen LogP contribution in [0.4, 0.5) is 5.69 Å². The summed E-state index contributed by atoms with van der Waals surface area (Å²) in [5.41, 5.74) is 0.641. The van der Waals surface area contributed by atoms with E-state index in [4.69, 9.17) is 4.74 Å². The number of methoxy groups -OCH3 is 1. The van der Waals surface area contributed by atoms with Crippen LogP contribution in [-0.2, 0) is 9.59 Å². The Morgan fingerprint density at radius 1 is 1.18 bits per heavy atom. The Bertz CT molecular complexity index is 570. The molecule has 2 aliphatic rings. The third-order valence-corrected chi connectivity index (χ3v) is 4.91. The maximum absolute atomic E-state index is 12.8. The summed E-state index contributed by atoms with van der Waals surface area (Å²) < 4.78 is 5.12. The molecule has 2 amide bonds. The molecular weight excluding hydrogens is 280 g/mol. The number of piperidine rings is 1. The van der Waals surface area contributed by atoms with Crippen molar-refractivity contribution in [1.82, 2.24) is 0 Å². The van der Waals surface area contributed by atoms with E-state index >= 15 is 0 Å². The summed E-state index contributed by atoms with van der Waals surface area (Å²) in [7, 11) is 1.60. The summed E-state index contributed by atoms with van der Waals surface area (Å²) in [5.74, 6) is 0.569. The van der Waals surface area contributed by atoms with E-state index in [2.05, 4.69) is 6.92 Å². The molecule has 0 spiro atoms. The second kappa shape index (κ2) is 6.08. The Morgan fingerprint density at radius 3 is 2.55 bits per heavy atom. The zero-order valence-electron chi connectivity index (χ0n) is 13.2. The quantitative estimate of drug-likeness (QED) is 0.840. The van der Waals surface area contributed by atoms with Gasteiger partial charge in [0.1, 0.15) is 5.75 Å². The lowest BCUT2D eigenvalue weighted by Crippen LogP contribution is -3.20. The summed E-state index contributed by atoms with van der Waals surface area (Å²) >= 11 is 0. The normalized spacial score (nSPS) is 29.0. The van der Waals surface area contributed by atoms with Gasteiger partial charge in [0.2, 0.25) is 5.91 Å². The topological polar surface area (TPSA) is 51.0 Å². The first-order chi connectivity index (χ1) is 10.6. The van der Waals surface area contributed by atoms with E-state index in [0.29, 0.717) is 18.2 Å². The van der Waals surface area contributed by atoms with E-state index in [0.717, 1.165) is 25.1 Å². The monoisotopic (exact) mass is 303 g/mol. The Morgan fingerprint density at radius 2 is 1.91 bits per heavy atom. The van der Waals surface area contributed by atoms with Gasteiger partial charge in [-0.15, -0.1) is 0 Å². The van der Waals surface area contributed by atoms with Crippen molar-refractivity contribution in [2.24, 2.45) is 0 Å². The zero-order chi connectivity index (χ0) is 15.7. The van der Waals surface area contributed by atoms with Crippen molar-refractivity contribution in [3.05, 3.63) is 24.3 Å². The summed E-state index contributed by atoms with van der Waals surface area (Å²) in [6, 6.07) is 7.33. The van der Waals surface area contributed by atoms with Gasteiger partial charge in [0.15, 0.2) is 6.04 Å². The van der Waals surface area contributed by atoms with Crippen LogP contribution in [0.2, 0.25) is 0 Å². The number of benzene rings is 1. The third kappa shape index (κ3) is 2.61. The number of carbonyl (C=O) groups excluding carboxylic acids is 2. The van der Waals surface area contributed by atoms with Crippen LogP contribution < -0.4 is 14.5 Å². The molecule has 5 nitrogen and oxygen atoms in total. The molecule has 2 heterocycles. The van der Waals surface area contributed by atoms with Crippen molar-refractivity contribution < 1.29 is 19.2 Å². The van der Waals surface area contributed by atoms with Crippen molar-refractivity contribution in [2.45, 2.75) is 44.7 Å². The fourth-order valence-corrected chi connectivity index (χ4v) is 3.65. The second-order valence-electron chi connectivity index (χ2n) is 6.24. The highest BCUT2D eigenvalue weighted by Gasteiger charge is 2.47. The molecule has 22 heavy (non-hydrogen) atoms. The summed E-state index contributed by atoms with van der Waals surface area (Å²) in [5, 5.41) is 0. The summed E-state index contributed by atoms with van der Waals surface area (Å²) in [4.78, 5) is 27.8. The summed E-state index contributed by atoms with van der Waals surface area (Å²) in [6.07, 6.45) is 3.82. The van der Waals surface area contributed by atoms with Gasteiger partial charge in [-0.25, -0.2) is 4.90 Å². The number of quaternary nitrogens is 1. The van der Waals surface area contributed by atoms with E-state index in [9.17, 15) is 9.59 Å². The lowest BCUT2D eigenvalue weighted by molar-refractivity contribution is -0.942. The highest BCUT2D eigenvalue weighted by Crippen LogP contribution is 2.24. The summed E-state index contributed by atoms with van der Waals surface area (Å²) in [6.45, 7) is 3.17. The molecule has 1 aromatic carbocycles. The third-order valence-electron chi connectivity index (χ3n) is 4.91. The average molecular weight is 303 g/mol. The van der Waals surface area contributed by atoms with Crippen LogP contribution in [-0.4, -0.2) is 37.6 Å². The molecule has 2 fully saturated rings. The number of carbonyl (C=O) groups is 2. The Kier molecular flexibility index (Phi) is 4.16. The predicted octanol–water partition coefficient (Wildman–Crippen LogP) is 0.784. The minimum atomic E-state index is -0.218. The van der Waals surface area contributed by atoms with Gasteiger partial charge < -0.3 is 9.64 Å². The molecule has 0 aromatic heterocycles. The van der Waals surface area contributed by atoms with Crippen molar-refractivity contribution in [2.75, 3.05) is 18.6 Å². The van der Waals surface area contributed by atoms with E-state index in [1.165, 1.54) is 16.2 Å². The highest BCUT2D eigenvalue weighted by molar-refractivity contribution is 6.21. The van der Waals surface area contributed by atoms with Gasteiger partial charge in [-0.05, 0) is 50.5 Å². The maximum atomic E-state index is 12.8. The van der Waals surface area contributed by atoms with Crippen LogP contribution in [0.25, 0.3) is 0 Å². The first-order valence-corrected chi connectivity index (χ1v) is 7.98. The van der Waals surface area contributed by atoms with Crippen LogP contribution in [0.5, 0.6) is 5.75 Å². The fraction of sp³-hybridized carbons (Fsp3) is 0.529. The van der Waals surface area contributed by atoms with E-state index < -0.39 is 0 Å². The van der Waals surface area contributed by atoms with Gasteiger partial charge in [0, 0.05) is 0 Å². The van der Waals surface area contributed by atoms with Crippen molar-refractivity contribution in [1.29, 1.82) is 0 Å². The van der Waals surface area contributed by atoms with Gasteiger partial charge in [0.25, 0.3) is 5.91 Å². The molecule has 3 atom stereocenters. The van der Waals surface area contributed by atoms with Crippen LogP contribution in [0, 0.1) is 0 Å². The molecule has 2 aliphatic heterocycles. The number of anilines is 1. The number of ether oxygens (including phenoxy) is 1. The van der Waals surface area contributed by atoms with Gasteiger partial charge in [0.05, 0.1) is 31.8 Å². The average Bonchev–Trinajstić information content (AvgIpc) is 2.83. The lowest BCUT2D eigenvalue weighted by Gasteiger charge is -2.33. The number of nitrogens with one attached hydrogen (secondary N) is 1. The van der Waals surface area contributed by atoms with Gasteiger partial charge >= 0.3 is 0 Å². The molecular formula is C17H23N2O3+. The van der Waals surface area contributed by atoms with Gasteiger partial charge in [-0.3, -0.25) is 9.59 Å². The van der Waals surface area contributed by atoms with E-state index in [1.807, 2.05) is 0 Å².